The molecular formula is C14H15BrFN3O. The van der Waals surface area contributed by atoms with E-state index in [1.165, 1.54) is 6.07 Å². The minimum absolute atomic E-state index is 0.118. The zero-order chi connectivity index (χ0) is 14.5. The van der Waals surface area contributed by atoms with E-state index in [4.69, 9.17) is 4.74 Å². The predicted octanol–water partition coefficient (Wildman–Crippen LogP) is 3.70. The number of halogens is 2. The van der Waals surface area contributed by atoms with Crippen molar-refractivity contribution in [2.45, 2.75) is 20.5 Å². The Morgan fingerprint density at radius 3 is 2.85 bits per heavy atom. The van der Waals surface area contributed by atoms with Crippen LogP contribution in [0.1, 0.15) is 18.4 Å². The lowest BCUT2D eigenvalue weighted by atomic mass is 10.3. The average Bonchev–Trinajstić information content (AvgIpc) is 2.40. The first-order chi connectivity index (χ1) is 9.58. The highest BCUT2D eigenvalue weighted by molar-refractivity contribution is 9.10. The van der Waals surface area contributed by atoms with Crippen molar-refractivity contribution in [3.8, 4) is 5.75 Å². The van der Waals surface area contributed by atoms with Crippen LogP contribution in [0.25, 0.3) is 0 Å². The third-order valence-corrected chi connectivity index (χ3v) is 3.00. The first-order valence-electron chi connectivity index (χ1n) is 6.24. The summed E-state index contributed by atoms with van der Waals surface area (Å²) >= 11 is 3.28. The van der Waals surface area contributed by atoms with Gasteiger partial charge in [0.2, 0.25) is 0 Å². The van der Waals surface area contributed by atoms with Crippen LogP contribution >= 0.6 is 15.9 Å². The molecule has 0 atom stereocenters. The molecule has 1 aromatic heterocycles. The summed E-state index contributed by atoms with van der Waals surface area (Å²) in [5, 5.41) is 3.12. The number of aryl methyl sites for hydroxylation is 1. The van der Waals surface area contributed by atoms with Gasteiger partial charge in [0, 0.05) is 22.8 Å². The molecule has 2 aromatic rings. The van der Waals surface area contributed by atoms with Crippen LogP contribution in [0.5, 0.6) is 5.75 Å². The Balaban J connectivity index is 2.12. The molecule has 2 rings (SSSR count). The van der Waals surface area contributed by atoms with Gasteiger partial charge in [0.05, 0.1) is 0 Å². The van der Waals surface area contributed by atoms with Gasteiger partial charge in [0.25, 0.3) is 0 Å². The van der Waals surface area contributed by atoms with Crippen LogP contribution in [-0.2, 0) is 6.61 Å². The molecule has 0 aliphatic heterocycles. The Kier molecular flexibility index (Phi) is 4.89. The van der Waals surface area contributed by atoms with Crippen molar-refractivity contribution in [3.63, 3.8) is 0 Å². The molecule has 0 aliphatic carbocycles. The predicted molar refractivity (Wildman–Crippen MR) is 79.4 cm³/mol. The number of nitrogens with one attached hydrogen (secondary N) is 1. The second-order valence-electron chi connectivity index (χ2n) is 4.20. The van der Waals surface area contributed by atoms with Crippen LogP contribution in [0, 0.1) is 12.7 Å². The molecule has 0 fully saturated rings. The maximum atomic E-state index is 13.6. The van der Waals surface area contributed by atoms with E-state index in [9.17, 15) is 4.39 Å². The standard InChI is InChI=1S/C14H15BrFN3O/c1-3-17-13-6-9(2)18-14(19-13)8-20-12-7-10(15)4-5-11(12)16/h4-7H,3,8H2,1-2H3,(H,17,18,19). The summed E-state index contributed by atoms with van der Waals surface area (Å²) < 4.78 is 19.7. The normalized spacial score (nSPS) is 10.4. The Morgan fingerprint density at radius 1 is 1.30 bits per heavy atom. The average molecular weight is 340 g/mol. The van der Waals surface area contributed by atoms with Crippen LogP contribution in [0.15, 0.2) is 28.7 Å². The summed E-state index contributed by atoms with van der Waals surface area (Å²) in [5.41, 5.74) is 0.837. The maximum Gasteiger partial charge on any atom is 0.168 e. The second kappa shape index (κ2) is 6.65. The van der Waals surface area contributed by atoms with Crippen molar-refractivity contribution in [2.24, 2.45) is 0 Å². The van der Waals surface area contributed by atoms with Crippen molar-refractivity contribution in [2.75, 3.05) is 11.9 Å². The third kappa shape index (κ3) is 3.90. The first-order valence-corrected chi connectivity index (χ1v) is 7.04. The summed E-state index contributed by atoms with van der Waals surface area (Å²) in [7, 11) is 0. The highest BCUT2D eigenvalue weighted by Crippen LogP contribution is 2.23. The van der Waals surface area contributed by atoms with E-state index >= 15 is 0 Å². The minimum atomic E-state index is -0.409. The molecule has 20 heavy (non-hydrogen) atoms. The fourth-order valence-corrected chi connectivity index (χ4v) is 2.04. The molecule has 0 saturated heterocycles. The molecule has 0 aliphatic rings. The molecule has 1 aromatic carbocycles. The Morgan fingerprint density at radius 2 is 2.10 bits per heavy atom. The Labute approximate surface area is 125 Å². The number of ether oxygens (including phenoxy) is 1. The van der Waals surface area contributed by atoms with Crippen molar-refractivity contribution in [1.29, 1.82) is 0 Å². The van der Waals surface area contributed by atoms with E-state index in [-0.39, 0.29) is 12.4 Å². The van der Waals surface area contributed by atoms with Crippen molar-refractivity contribution in [1.82, 2.24) is 9.97 Å². The van der Waals surface area contributed by atoms with Gasteiger partial charge < -0.3 is 10.1 Å². The molecule has 0 unspecified atom stereocenters. The van der Waals surface area contributed by atoms with Gasteiger partial charge >= 0.3 is 0 Å². The maximum absolute atomic E-state index is 13.6. The highest BCUT2D eigenvalue weighted by Gasteiger charge is 2.07. The van der Waals surface area contributed by atoms with Gasteiger partial charge in [0.15, 0.2) is 17.4 Å². The topological polar surface area (TPSA) is 47.0 Å². The fourth-order valence-electron chi connectivity index (χ4n) is 1.70. The van der Waals surface area contributed by atoms with Gasteiger partial charge in [-0.25, -0.2) is 14.4 Å². The summed E-state index contributed by atoms with van der Waals surface area (Å²) in [6.45, 7) is 4.76. The van der Waals surface area contributed by atoms with Gasteiger partial charge in [-0.05, 0) is 32.0 Å². The molecule has 4 nitrogen and oxygen atoms in total. The van der Waals surface area contributed by atoms with Crippen LogP contribution in [0.2, 0.25) is 0 Å². The second-order valence-corrected chi connectivity index (χ2v) is 5.12. The number of hydrogen-bond donors (Lipinski definition) is 1. The number of hydrogen-bond acceptors (Lipinski definition) is 4. The highest BCUT2D eigenvalue weighted by atomic mass is 79.9. The first kappa shape index (κ1) is 14.7. The molecule has 0 spiro atoms. The number of benzene rings is 1. The van der Waals surface area contributed by atoms with Crippen molar-refractivity contribution >= 4 is 21.7 Å². The molecule has 0 saturated carbocycles. The minimum Gasteiger partial charge on any atom is -0.482 e. The number of anilines is 1. The third-order valence-electron chi connectivity index (χ3n) is 2.51. The number of nitrogens with zero attached hydrogens (tertiary/aromatic N) is 2. The Bertz CT molecular complexity index is 607. The molecule has 1 N–H and O–H groups in total. The number of rotatable bonds is 5. The van der Waals surface area contributed by atoms with E-state index in [1.54, 1.807) is 12.1 Å². The van der Waals surface area contributed by atoms with Gasteiger partial charge in [0.1, 0.15) is 12.4 Å². The smallest absolute Gasteiger partial charge is 0.168 e. The van der Waals surface area contributed by atoms with Crippen LogP contribution < -0.4 is 10.1 Å². The largest absolute Gasteiger partial charge is 0.482 e. The molecular weight excluding hydrogens is 325 g/mol. The Hall–Kier alpha value is -1.69. The quantitative estimate of drug-likeness (QED) is 0.902. The lowest BCUT2D eigenvalue weighted by Crippen LogP contribution is -2.07. The molecule has 0 bridgehead atoms. The van der Waals surface area contributed by atoms with Crippen LogP contribution in [0.4, 0.5) is 10.2 Å². The molecule has 6 heteroatoms. The van der Waals surface area contributed by atoms with E-state index in [1.807, 2.05) is 19.9 Å². The van der Waals surface area contributed by atoms with Gasteiger partial charge in [-0.3, -0.25) is 0 Å². The molecule has 1 heterocycles. The van der Waals surface area contributed by atoms with Crippen molar-refractivity contribution in [3.05, 3.63) is 46.1 Å². The molecule has 0 amide bonds. The van der Waals surface area contributed by atoms with Crippen LogP contribution in [0.3, 0.4) is 0 Å². The summed E-state index contributed by atoms with van der Waals surface area (Å²) in [5.74, 6) is 1.02. The van der Waals surface area contributed by atoms with Crippen molar-refractivity contribution < 1.29 is 9.13 Å². The lowest BCUT2D eigenvalue weighted by Gasteiger charge is -2.09. The monoisotopic (exact) mass is 339 g/mol. The molecule has 0 radical (unpaired) electrons. The lowest BCUT2D eigenvalue weighted by molar-refractivity contribution is 0.280. The van der Waals surface area contributed by atoms with Crippen LogP contribution in [-0.4, -0.2) is 16.5 Å². The van der Waals surface area contributed by atoms with E-state index in [0.29, 0.717) is 5.82 Å². The summed E-state index contributed by atoms with van der Waals surface area (Å²) in [4.78, 5) is 8.58. The SMILES string of the molecule is CCNc1cc(C)nc(COc2cc(Br)ccc2F)n1. The zero-order valence-corrected chi connectivity index (χ0v) is 12.9. The fraction of sp³-hybridized carbons (Fsp3) is 0.286. The van der Waals surface area contributed by atoms with E-state index < -0.39 is 5.82 Å². The molecule has 106 valence electrons. The van der Waals surface area contributed by atoms with Gasteiger partial charge in [-0.15, -0.1) is 0 Å². The van der Waals surface area contributed by atoms with Gasteiger partial charge in [-0.2, -0.15) is 0 Å². The summed E-state index contributed by atoms with van der Waals surface area (Å²) in [6, 6.07) is 6.40. The zero-order valence-electron chi connectivity index (χ0n) is 11.3. The van der Waals surface area contributed by atoms with E-state index in [2.05, 4.69) is 31.2 Å². The van der Waals surface area contributed by atoms with E-state index in [0.717, 1.165) is 22.5 Å². The number of aromatic nitrogens is 2. The summed E-state index contributed by atoms with van der Waals surface area (Å²) in [6.07, 6.45) is 0. The van der Waals surface area contributed by atoms with Gasteiger partial charge in [-0.1, -0.05) is 15.9 Å².